The summed E-state index contributed by atoms with van der Waals surface area (Å²) in [6.45, 7) is 6.39. The predicted molar refractivity (Wildman–Crippen MR) is 62.3 cm³/mol. The van der Waals surface area contributed by atoms with Crippen LogP contribution in [-0.4, -0.2) is 38.4 Å². The predicted octanol–water partition coefficient (Wildman–Crippen LogP) is 1.34. The van der Waals surface area contributed by atoms with E-state index in [1.807, 2.05) is 13.8 Å². The molecule has 0 amide bonds. The van der Waals surface area contributed by atoms with E-state index in [-0.39, 0.29) is 11.6 Å². The summed E-state index contributed by atoms with van der Waals surface area (Å²) in [6.07, 6.45) is 2.36. The van der Waals surface area contributed by atoms with Gasteiger partial charge in [0.15, 0.2) is 0 Å². The van der Waals surface area contributed by atoms with Gasteiger partial charge in [0.2, 0.25) is 0 Å². The highest BCUT2D eigenvalue weighted by Crippen LogP contribution is 2.15. The Morgan fingerprint density at radius 2 is 2.25 bits per heavy atom. The van der Waals surface area contributed by atoms with Crippen molar-refractivity contribution in [2.45, 2.75) is 38.7 Å². The van der Waals surface area contributed by atoms with Crippen LogP contribution < -0.4 is 5.32 Å². The summed E-state index contributed by atoms with van der Waals surface area (Å²) in [5, 5.41) is 3.24. The number of nitrogens with one attached hydrogen (secondary N) is 1. The lowest BCUT2D eigenvalue weighted by molar-refractivity contribution is -0.146. The fraction of sp³-hybridized carbons (Fsp3) is 0.917. The van der Waals surface area contributed by atoms with Gasteiger partial charge in [-0.15, -0.1) is 0 Å². The third-order valence-corrected chi connectivity index (χ3v) is 3.14. The molecule has 16 heavy (non-hydrogen) atoms. The molecule has 0 saturated carbocycles. The highest BCUT2D eigenvalue weighted by molar-refractivity contribution is 5.69. The fourth-order valence-electron chi connectivity index (χ4n) is 1.70. The summed E-state index contributed by atoms with van der Waals surface area (Å²) in [5.41, 5.74) is -0.213. The number of methoxy groups -OCH3 is 1. The third kappa shape index (κ3) is 4.94. The molecular weight excluding hydrogens is 206 g/mol. The molecule has 1 heterocycles. The van der Waals surface area contributed by atoms with Crippen LogP contribution in [0.5, 0.6) is 0 Å². The molecule has 0 bridgehead atoms. The number of hydrogen-bond donors (Lipinski definition) is 1. The zero-order valence-corrected chi connectivity index (χ0v) is 10.5. The molecule has 0 aliphatic carbocycles. The van der Waals surface area contributed by atoms with Crippen LogP contribution in [0.15, 0.2) is 0 Å². The molecule has 0 aromatic heterocycles. The zero-order valence-electron chi connectivity index (χ0n) is 10.5. The highest BCUT2D eigenvalue weighted by atomic mass is 16.5. The van der Waals surface area contributed by atoms with Crippen LogP contribution in [0.4, 0.5) is 0 Å². The topological polar surface area (TPSA) is 47.6 Å². The van der Waals surface area contributed by atoms with E-state index in [0.29, 0.717) is 18.9 Å². The zero-order chi connectivity index (χ0) is 12.0. The van der Waals surface area contributed by atoms with Crippen LogP contribution in [0.1, 0.15) is 33.1 Å². The Labute approximate surface area is 97.7 Å². The lowest BCUT2D eigenvalue weighted by Gasteiger charge is -2.22. The Morgan fingerprint density at radius 1 is 1.50 bits per heavy atom. The molecule has 4 heteroatoms. The second-order valence-corrected chi connectivity index (χ2v) is 5.00. The van der Waals surface area contributed by atoms with Gasteiger partial charge in [0, 0.05) is 20.0 Å². The first-order valence-corrected chi connectivity index (χ1v) is 5.95. The summed E-state index contributed by atoms with van der Waals surface area (Å²) in [6, 6.07) is 0. The first-order valence-electron chi connectivity index (χ1n) is 5.95. The maximum absolute atomic E-state index is 11.5. The van der Waals surface area contributed by atoms with Gasteiger partial charge in [0.1, 0.15) is 0 Å². The van der Waals surface area contributed by atoms with Crippen LogP contribution in [0.25, 0.3) is 0 Å². The van der Waals surface area contributed by atoms with Crippen molar-refractivity contribution >= 4 is 5.97 Å². The average molecular weight is 229 g/mol. The van der Waals surface area contributed by atoms with E-state index in [1.165, 1.54) is 0 Å². The van der Waals surface area contributed by atoms with E-state index in [9.17, 15) is 4.79 Å². The Balaban J connectivity index is 2.10. The number of rotatable bonds is 6. The van der Waals surface area contributed by atoms with E-state index in [4.69, 9.17) is 9.47 Å². The van der Waals surface area contributed by atoms with Crippen LogP contribution in [-0.2, 0) is 14.3 Å². The lowest BCUT2D eigenvalue weighted by Crippen LogP contribution is -2.25. The van der Waals surface area contributed by atoms with Gasteiger partial charge in [-0.05, 0) is 39.3 Å². The van der Waals surface area contributed by atoms with Gasteiger partial charge in [-0.25, -0.2) is 0 Å². The molecule has 0 spiro atoms. The van der Waals surface area contributed by atoms with Crippen molar-refractivity contribution < 1.29 is 14.3 Å². The Bertz CT molecular complexity index is 222. The first-order chi connectivity index (χ1) is 7.53. The SMILES string of the molecule is COC(C)(C)CCOC(=O)CC1CCNC1. The normalized spacial score (nSPS) is 21.1. The van der Waals surface area contributed by atoms with Crippen LogP contribution in [0, 0.1) is 5.92 Å². The van der Waals surface area contributed by atoms with Crippen LogP contribution >= 0.6 is 0 Å². The van der Waals surface area contributed by atoms with Crippen molar-refractivity contribution in [1.82, 2.24) is 5.32 Å². The standard InChI is InChI=1S/C12H23NO3/c1-12(2,15-3)5-7-16-11(14)8-10-4-6-13-9-10/h10,13H,4-9H2,1-3H3. The molecule has 0 radical (unpaired) electrons. The smallest absolute Gasteiger partial charge is 0.306 e. The highest BCUT2D eigenvalue weighted by Gasteiger charge is 2.20. The van der Waals surface area contributed by atoms with Gasteiger partial charge >= 0.3 is 5.97 Å². The van der Waals surface area contributed by atoms with Gasteiger partial charge < -0.3 is 14.8 Å². The number of hydrogen-bond acceptors (Lipinski definition) is 4. The molecular formula is C12H23NO3. The largest absolute Gasteiger partial charge is 0.466 e. The van der Waals surface area contributed by atoms with Crippen LogP contribution in [0.2, 0.25) is 0 Å². The molecule has 1 unspecified atom stereocenters. The summed E-state index contributed by atoms with van der Waals surface area (Å²) < 4.78 is 10.4. The number of carbonyl (C=O) groups excluding carboxylic acids is 1. The molecule has 94 valence electrons. The molecule has 0 aromatic carbocycles. The third-order valence-electron chi connectivity index (χ3n) is 3.14. The minimum atomic E-state index is -0.213. The fourth-order valence-corrected chi connectivity index (χ4v) is 1.70. The van der Waals surface area contributed by atoms with E-state index in [0.717, 1.165) is 25.9 Å². The number of esters is 1. The molecule has 1 rings (SSSR count). The second-order valence-electron chi connectivity index (χ2n) is 5.00. The van der Waals surface area contributed by atoms with Crippen molar-refractivity contribution in [2.24, 2.45) is 5.92 Å². The van der Waals surface area contributed by atoms with E-state index < -0.39 is 0 Å². The van der Waals surface area contributed by atoms with Gasteiger partial charge in [-0.3, -0.25) is 4.79 Å². The quantitative estimate of drug-likeness (QED) is 0.698. The molecule has 1 aliphatic rings. The van der Waals surface area contributed by atoms with Crippen molar-refractivity contribution in [3.63, 3.8) is 0 Å². The molecule has 1 fully saturated rings. The maximum Gasteiger partial charge on any atom is 0.306 e. The van der Waals surface area contributed by atoms with Crippen LogP contribution in [0.3, 0.4) is 0 Å². The molecule has 1 N–H and O–H groups in total. The Hall–Kier alpha value is -0.610. The number of carbonyl (C=O) groups is 1. The minimum Gasteiger partial charge on any atom is -0.466 e. The van der Waals surface area contributed by atoms with Crippen molar-refractivity contribution in [1.29, 1.82) is 0 Å². The maximum atomic E-state index is 11.5. The van der Waals surface area contributed by atoms with E-state index in [2.05, 4.69) is 5.32 Å². The van der Waals surface area contributed by atoms with Gasteiger partial charge in [-0.1, -0.05) is 0 Å². The first kappa shape index (κ1) is 13.5. The molecule has 0 aromatic rings. The van der Waals surface area contributed by atoms with Gasteiger partial charge in [-0.2, -0.15) is 0 Å². The monoisotopic (exact) mass is 229 g/mol. The Kier molecular flexibility index (Phi) is 5.22. The Morgan fingerprint density at radius 3 is 2.81 bits per heavy atom. The summed E-state index contributed by atoms with van der Waals surface area (Å²) in [4.78, 5) is 11.5. The van der Waals surface area contributed by atoms with Crippen molar-refractivity contribution in [2.75, 3.05) is 26.8 Å². The van der Waals surface area contributed by atoms with Gasteiger partial charge in [0.25, 0.3) is 0 Å². The summed E-state index contributed by atoms with van der Waals surface area (Å²) in [5.74, 6) is 0.378. The molecule has 1 saturated heterocycles. The van der Waals surface area contributed by atoms with Crippen molar-refractivity contribution in [3.05, 3.63) is 0 Å². The molecule has 1 atom stereocenters. The second kappa shape index (κ2) is 6.21. The van der Waals surface area contributed by atoms with E-state index in [1.54, 1.807) is 7.11 Å². The number of ether oxygens (including phenoxy) is 2. The summed E-state index contributed by atoms with van der Waals surface area (Å²) >= 11 is 0. The van der Waals surface area contributed by atoms with Gasteiger partial charge in [0.05, 0.1) is 12.2 Å². The molecule has 1 aliphatic heterocycles. The summed E-state index contributed by atoms with van der Waals surface area (Å²) in [7, 11) is 1.67. The lowest BCUT2D eigenvalue weighted by atomic mass is 10.1. The molecule has 4 nitrogen and oxygen atoms in total. The van der Waals surface area contributed by atoms with Crippen molar-refractivity contribution in [3.8, 4) is 0 Å². The average Bonchev–Trinajstić information content (AvgIpc) is 2.70. The minimum absolute atomic E-state index is 0.0828. The van der Waals surface area contributed by atoms with E-state index >= 15 is 0 Å².